The van der Waals surface area contributed by atoms with E-state index < -0.39 is 0 Å². The maximum absolute atomic E-state index is 13.5. The number of aromatic nitrogens is 6. The molecule has 0 saturated heterocycles. The van der Waals surface area contributed by atoms with Crippen molar-refractivity contribution in [3.8, 4) is 11.5 Å². The number of carbonyl (C=O) groups is 3. The highest BCUT2D eigenvalue weighted by Gasteiger charge is 2.22. The number of amides is 1. The van der Waals surface area contributed by atoms with Crippen molar-refractivity contribution in [3.05, 3.63) is 65.0 Å². The van der Waals surface area contributed by atoms with E-state index in [0.717, 1.165) is 36.7 Å². The second-order valence-electron chi connectivity index (χ2n) is 11.9. The topological polar surface area (TPSA) is 159 Å². The number of methoxy groups -OCH3 is 1. The van der Waals surface area contributed by atoms with Crippen molar-refractivity contribution in [2.24, 2.45) is 0 Å². The van der Waals surface area contributed by atoms with E-state index in [1.165, 1.54) is 12.8 Å². The third kappa shape index (κ3) is 7.18. The Morgan fingerprint density at radius 1 is 0.939 bits per heavy atom. The van der Waals surface area contributed by atoms with Gasteiger partial charge in [0.25, 0.3) is 5.91 Å². The molecule has 256 valence electrons. The molecule has 3 N–H and O–H groups in total. The van der Waals surface area contributed by atoms with Gasteiger partial charge < -0.3 is 29.2 Å². The summed E-state index contributed by atoms with van der Waals surface area (Å²) in [6.45, 7) is 6.34. The van der Waals surface area contributed by atoms with E-state index in [-0.39, 0.29) is 5.91 Å². The van der Waals surface area contributed by atoms with Gasteiger partial charge in [-0.2, -0.15) is 5.10 Å². The van der Waals surface area contributed by atoms with Crippen LogP contribution in [-0.4, -0.2) is 80.7 Å². The van der Waals surface area contributed by atoms with Crippen LogP contribution in [0.25, 0.3) is 22.1 Å². The Hall–Kier alpha value is -5.50. The van der Waals surface area contributed by atoms with Gasteiger partial charge in [-0.25, -0.2) is 9.97 Å². The molecule has 1 fully saturated rings. The Morgan fingerprint density at radius 2 is 1.57 bits per heavy atom. The van der Waals surface area contributed by atoms with Crippen LogP contribution in [0.2, 0.25) is 0 Å². The number of imidazole rings is 2. The molecule has 0 aliphatic heterocycles. The Morgan fingerprint density at radius 3 is 2.18 bits per heavy atom. The Balaban J connectivity index is 1.33. The van der Waals surface area contributed by atoms with Crippen LogP contribution in [0.4, 0.5) is 11.9 Å². The first kappa shape index (κ1) is 33.4. The van der Waals surface area contributed by atoms with Crippen molar-refractivity contribution in [1.29, 1.82) is 0 Å². The molecular formula is C35H41N9O5. The lowest BCUT2D eigenvalue weighted by atomic mass is 10.2. The molecule has 2 aromatic carbocycles. The van der Waals surface area contributed by atoms with Crippen molar-refractivity contribution in [3.63, 3.8) is 0 Å². The van der Waals surface area contributed by atoms with Crippen LogP contribution in [0.1, 0.15) is 63.1 Å². The maximum Gasteiger partial charge on any atom is 0.276 e. The second-order valence-corrected chi connectivity index (χ2v) is 11.9. The van der Waals surface area contributed by atoms with Crippen LogP contribution in [0.15, 0.2) is 42.5 Å². The highest BCUT2D eigenvalue weighted by Crippen LogP contribution is 2.32. The van der Waals surface area contributed by atoms with Gasteiger partial charge in [-0.05, 0) is 70.0 Å². The molecule has 1 saturated carbocycles. The first-order valence-corrected chi connectivity index (χ1v) is 16.4. The zero-order valence-corrected chi connectivity index (χ0v) is 28.2. The minimum atomic E-state index is -0.349. The molecule has 1 aliphatic rings. The van der Waals surface area contributed by atoms with E-state index in [2.05, 4.69) is 26.0 Å². The minimum absolute atomic E-state index is 0.307. The minimum Gasteiger partial charge on any atom is -0.494 e. The smallest absolute Gasteiger partial charge is 0.276 e. The molecule has 0 atom stereocenters. The average Bonchev–Trinajstić information content (AvgIpc) is 3.61. The van der Waals surface area contributed by atoms with E-state index in [1.54, 1.807) is 49.2 Å². The summed E-state index contributed by atoms with van der Waals surface area (Å²) in [6.07, 6.45) is 8.70. The second kappa shape index (κ2) is 14.7. The van der Waals surface area contributed by atoms with Crippen molar-refractivity contribution >= 4 is 52.4 Å². The molecule has 0 unspecified atom stereocenters. The molecule has 3 heterocycles. The van der Waals surface area contributed by atoms with Crippen LogP contribution in [0.3, 0.4) is 0 Å². The third-order valence-electron chi connectivity index (χ3n) is 8.37. The lowest BCUT2D eigenvalue weighted by Gasteiger charge is -2.13. The molecule has 0 spiro atoms. The van der Waals surface area contributed by atoms with Crippen LogP contribution >= 0.6 is 0 Å². The number of rotatable bonds is 17. The average molecular weight is 668 g/mol. The number of allylic oxidation sites excluding steroid dienone is 2. The van der Waals surface area contributed by atoms with Gasteiger partial charge >= 0.3 is 0 Å². The van der Waals surface area contributed by atoms with Gasteiger partial charge in [-0.3, -0.25) is 24.4 Å². The predicted octanol–water partition coefficient (Wildman–Crippen LogP) is 4.62. The SMILES string of the molecule is CCn1nc(C)cc1C(=O)Nc1nc2cc(C=O)cc(OCCCNC3CC3)c2n1C/C=C/Cn1c(NC)nc2cc(C=O)cc(OC)c21. The van der Waals surface area contributed by atoms with E-state index in [1.807, 2.05) is 35.1 Å². The number of aldehydes is 2. The fraction of sp³-hybridized carbons (Fsp3) is 0.371. The summed E-state index contributed by atoms with van der Waals surface area (Å²) < 4.78 is 17.4. The zero-order chi connectivity index (χ0) is 34.5. The monoisotopic (exact) mass is 667 g/mol. The molecular weight excluding hydrogens is 626 g/mol. The van der Waals surface area contributed by atoms with E-state index in [0.29, 0.717) is 89.0 Å². The van der Waals surface area contributed by atoms with Gasteiger partial charge in [-0.1, -0.05) is 12.2 Å². The normalized spacial score (nSPS) is 13.0. The molecule has 6 rings (SSSR count). The van der Waals surface area contributed by atoms with Gasteiger partial charge in [0.15, 0.2) is 0 Å². The number of hydrogen-bond donors (Lipinski definition) is 3. The molecule has 14 nitrogen and oxygen atoms in total. The van der Waals surface area contributed by atoms with Gasteiger partial charge in [0.2, 0.25) is 11.9 Å². The molecule has 3 aromatic heterocycles. The van der Waals surface area contributed by atoms with E-state index >= 15 is 0 Å². The number of fused-ring (bicyclic) bond motifs is 2. The summed E-state index contributed by atoms with van der Waals surface area (Å²) in [5.74, 6) is 1.61. The first-order chi connectivity index (χ1) is 23.9. The Labute approximate surface area is 283 Å². The number of nitrogens with zero attached hydrogens (tertiary/aromatic N) is 6. The molecule has 0 bridgehead atoms. The molecule has 1 amide bonds. The van der Waals surface area contributed by atoms with Crippen LogP contribution in [0.5, 0.6) is 11.5 Å². The highest BCUT2D eigenvalue weighted by molar-refractivity contribution is 6.03. The number of hydrogen-bond acceptors (Lipinski definition) is 10. The van der Waals surface area contributed by atoms with Crippen molar-refractivity contribution < 1.29 is 23.9 Å². The predicted molar refractivity (Wildman–Crippen MR) is 187 cm³/mol. The largest absolute Gasteiger partial charge is 0.494 e. The Kier molecular flexibility index (Phi) is 10.0. The summed E-state index contributed by atoms with van der Waals surface area (Å²) in [4.78, 5) is 46.4. The van der Waals surface area contributed by atoms with E-state index in [9.17, 15) is 14.4 Å². The van der Waals surface area contributed by atoms with Gasteiger partial charge in [0, 0.05) is 43.9 Å². The molecule has 14 heteroatoms. The van der Waals surface area contributed by atoms with Gasteiger partial charge in [-0.15, -0.1) is 0 Å². The third-order valence-corrected chi connectivity index (χ3v) is 8.37. The highest BCUT2D eigenvalue weighted by atomic mass is 16.5. The maximum atomic E-state index is 13.5. The fourth-order valence-electron chi connectivity index (χ4n) is 5.89. The van der Waals surface area contributed by atoms with Gasteiger partial charge in [0.05, 0.1) is 30.4 Å². The summed E-state index contributed by atoms with van der Waals surface area (Å²) >= 11 is 0. The molecule has 5 aromatic rings. The molecule has 1 aliphatic carbocycles. The number of anilines is 2. The zero-order valence-electron chi connectivity index (χ0n) is 28.2. The van der Waals surface area contributed by atoms with Crippen LogP contribution < -0.4 is 25.4 Å². The van der Waals surface area contributed by atoms with E-state index in [4.69, 9.17) is 14.5 Å². The number of aryl methyl sites for hydroxylation is 2. The Bertz CT molecular complexity index is 2040. The molecule has 0 radical (unpaired) electrons. The quantitative estimate of drug-likeness (QED) is 0.0726. The fourth-order valence-corrected chi connectivity index (χ4v) is 5.89. The number of carbonyl (C=O) groups excluding carboxylic acids is 3. The van der Waals surface area contributed by atoms with Gasteiger partial charge in [0.1, 0.15) is 40.8 Å². The van der Waals surface area contributed by atoms with Crippen molar-refractivity contribution in [2.45, 2.75) is 58.8 Å². The number of nitrogens with one attached hydrogen (secondary N) is 3. The van der Waals surface area contributed by atoms with Crippen LogP contribution in [0, 0.1) is 6.92 Å². The first-order valence-electron chi connectivity index (χ1n) is 16.4. The summed E-state index contributed by atoms with van der Waals surface area (Å²) in [5.41, 5.74) is 4.61. The molecule has 49 heavy (non-hydrogen) atoms. The standard InChI is InChI=1S/C35H41N9O5/c1-5-44-28(15-22(2)41-44)33(47)40-35-39-27-17-24(21-46)19-30(49-14-8-11-37-25-9-10-25)32(27)43(35)13-7-6-12-42-31-26(38-34(42)36-3)16-23(20-45)18-29(31)48-4/h6-7,15-21,25,37H,5,8-14H2,1-4H3,(H,36,38)(H,39,40,47)/b7-6+. The summed E-state index contributed by atoms with van der Waals surface area (Å²) in [6, 6.07) is 9.16. The number of benzene rings is 2. The van der Waals surface area contributed by atoms with Crippen LogP contribution in [-0.2, 0) is 19.6 Å². The van der Waals surface area contributed by atoms with Crippen molar-refractivity contribution in [1.82, 2.24) is 34.2 Å². The summed E-state index contributed by atoms with van der Waals surface area (Å²) in [5, 5.41) is 14.0. The summed E-state index contributed by atoms with van der Waals surface area (Å²) in [7, 11) is 3.34. The van der Waals surface area contributed by atoms with Crippen molar-refractivity contribution in [2.75, 3.05) is 37.9 Å². The lowest BCUT2D eigenvalue weighted by Crippen LogP contribution is -2.20. The number of ether oxygens (including phenoxy) is 2. The lowest BCUT2D eigenvalue weighted by molar-refractivity contribution is 0.101.